The molecule has 4 aromatic carbocycles. The van der Waals surface area contributed by atoms with E-state index in [1.807, 2.05) is 84.9 Å². The number of piperazine rings is 1. The van der Waals surface area contributed by atoms with Gasteiger partial charge in [0.15, 0.2) is 5.82 Å². The van der Waals surface area contributed by atoms with E-state index >= 15 is 0 Å². The number of carbonyl (C=O) groups excluding carboxylic acids is 3. The third kappa shape index (κ3) is 9.88. The number of imide groups is 1. The van der Waals surface area contributed by atoms with Gasteiger partial charge in [0.1, 0.15) is 36.4 Å². The summed E-state index contributed by atoms with van der Waals surface area (Å²) in [6.07, 6.45) is 7.84. The first kappa shape index (κ1) is 44.9. The van der Waals surface area contributed by atoms with Gasteiger partial charge in [-0.1, -0.05) is 84.9 Å². The highest BCUT2D eigenvalue weighted by Gasteiger charge is 2.38. The molecule has 5 heterocycles. The summed E-state index contributed by atoms with van der Waals surface area (Å²) in [5, 5.41) is 18.6. The van der Waals surface area contributed by atoms with E-state index < -0.39 is 13.8 Å². The van der Waals surface area contributed by atoms with E-state index in [9.17, 15) is 23.8 Å². The Hall–Kier alpha value is -6.91. The molecule has 6 aromatic rings. The zero-order valence-corrected chi connectivity index (χ0v) is 38.2. The number of hydrogen-bond acceptors (Lipinski definition) is 12. The Morgan fingerprint density at radius 2 is 1.56 bits per heavy atom. The summed E-state index contributed by atoms with van der Waals surface area (Å²) in [5.41, 5.74) is 5.71. The number of aromatic nitrogens is 4. The molecule has 3 fully saturated rings. The molecule has 2 saturated heterocycles. The SMILES string of the molecule is O=C1CC[C@H](N2CCOc3c(C4CCC(N5CCN(c6cnn(-c7cc(-c8ccccc8OCc8ccccc8)nnc7NP(=O)(O)OCc7ccccc7)c6)C(=O)C5)CC4)cccc32)C(=O)N1. The van der Waals surface area contributed by atoms with Gasteiger partial charge in [-0.15, -0.1) is 10.2 Å². The van der Waals surface area contributed by atoms with Crippen molar-refractivity contribution in [1.29, 1.82) is 0 Å². The minimum absolute atomic E-state index is 0.0501. The van der Waals surface area contributed by atoms with E-state index in [0.717, 1.165) is 48.2 Å². The van der Waals surface area contributed by atoms with Crippen molar-refractivity contribution in [3.05, 3.63) is 138 Å². The number of anilines is 3. The van der Waals surface area contributed by atoms with Gasteiger partial charge in [0.25, 0.3) is 0 Å². The molecule has 18 heteroatoms. The van der Waals surface area contributed by atoms with Crippen LogP contribution in [0.3, 0.4) is 0 Å². The molecule has 350 valence electrons. The molecule has 1 aliphatic carbocycles. The monoisotopic (exact) mass is 937 g/mol. The van der Waals surface area contributed by atoms with Crippen LogP contribution < -0.4 is 29.7 Å². The third-order valence-corrected chi connectivity index (χ3v) is 14.2. The Morgan fingerprint density at radius 1 is 0.809 bits per heavy atom. The first-order valence-electron chi connectivity index (χ1n) is 23.0. The maximum atomic E-state index is 14.0. The Labute approximate surface area is 393 Å². The van der Waals surface area contributed by atoms with Crippen molar-refractivity contribution in [3.63, 3.8) is 0 Å². The van der Waals surface area contributed by atoms with Crippen LogP contribution in [0.25, 0.3) is 16.9 Å². The van der Waals surface area contributed by atoms with E-state index in [0.29, 0.717) is 79.6 Å². The van der Waals surface area contributed by atoms with Crippen LogP contribution >= 0.6 is 7.75 Å². The molecule has 0 bridgehead atoms. The number of carbonyl (C=O) groups is 3. The van der Waals surface area contributed by atoms with Gasteiger partial charge in [-0.3, -0.25) is 34.2 Å². The molecule has 3 amide bonds. The highest BCUT2D eigenvalue weighted by molar-refractivity contribution is 7.54. The number of nitrogens with zero attached hydrogens (tertiary/aromatic N) is 7. The summed E-state index contributed by atoms with van der Waals surface area (Å²) in [5.74, 6) is 1.09. The molecule has 2 atom stereocenters. The van der Waals surface area contributed by atoms with Gasteiger partial charge < -0.3 is 24.2 Å². The van der Waals surface area contributed by atoms with Crippen molar-refractivity contribution in [2.75, 3.05) is 47.7 Å². The lowest BCUT2D eigenvalue weighted by atomic mass is 9.80. The molecule has 1 unspecified atom stereocenters. The molecule has 3 N–H and O–H groups in total. The molecule has 0 radical (unpaired) electrons. The van der Waals surface area contributed by atoms with Crippen LogP contribution in [0.1, 0.15) is 61.1 Å². The number of rotatable bonds is 14. The number of amides is 3. The van der Waals surface area contributed by atoms with Crippen molar-refractivity contribution in [2.24, 2.45) is 0 Å². The first-order chi connectivity index (χ1) is 33.2. The minimum Gasteiger partial charge on any atom is -0.489 e. The standard InChI is InChI=1S/C50H52N9O8P/c60-46-23-22-43(50(62)52-46)58-26-27-65-48-39(15-9-16-42(48)58)36-18-20-37(21-19-36)56-24-25-57(47(61)31-56)38-29-51-59(30-38)44-28-41(40-14-7-8-17-45(40)66-32-34-10-3-1-4-11-34)53-54-49(44)55-68(63,64)67-33-35-12-5-2-6-13-35/h1-17,28-30,36-37,43H,18-27,31-33H2,(H,52,60,62)(H2,54,55,63,64)/t36?,37?,43-/m0/s1. The molecule has 2 aromatic heterocycles. The van der Waals surface area contributed by atoms with Crippen LogP contribution in [-0.4, -0.2) is 92.4 Å². The molecule has 3 aliphatic heterocycles. The van der Waals surface area contributed by atoms with E-state index in [-0.39, 0.29) is 48.7 Å². The van der Waals surface area contributed by atoms with Crippen LogP contribution in [0.15, 0.2) is 122 Å². The zero-order valence-electron chi connectivity index (χ0n) is 37.4. The van der Waals surface area contributed by atoms with Gasteiger partial charge in [0, 0.05) is 31.1 Å². The van der Waals surface area contributed by atoms with Gasteiger partial charge in [-0.25, -0.2) is 9.25 Å². The molecule has 68 heavy (non-hydrogen) atoms. The summed E-state index contributed by atoms with van der Waals surface area (Å²) in [4.78, 5) is 55.7. The highest BCUT2D eigenvalue weighted by Crippen LogP contribution is 2.46. The predicted molar refractivity (Wildman–Crippen MR) is 254 cm³/mol. The smallest absolute Gasteiger partial charge is 0.431 e. The zero-order chi connectivity index (χ0) is 46.6. The predicted octanol–water partition coefficient (Wildman–Crippen LogP) is 7.02. The van der Waals surface area contributed by atoms with Gasteiger partial charge in [0.2, 0.25) is 17.7 Å². The van der Waals surface area contributed by atoms with Gasteiger partial charge >= 0.3 is 7.75 Å². The maximum Gasteiger partial charge on any atom is 0.431 e. The minimum atomic E-state index is -4.48. The highest BCUT2D eigenvalue weighted by atomic mass is 31.2. The van der Waals surface area contributed by atoms with Crippen LogP contribution in [-0.2, 0) is 36.7 Å². The Kier molecular flexibility index (Phi) is 13.0. The number of ether oxygens (including phenoxy) is 2. The summed E-state index contributed by atoms with van der Waals surface area (Å²) >= 11 is 0. The number of para-hydroxylation sites is 2. The Bertz CT molecular complexity index is 2840. The molecule has 10 rings (SSSR count). The number of benzene rings is 4. The number of nitrogens with one attached hydrogen (secondary N) is 2. The molecule has 4 aliphatic rings. The topological polar surface area (TPSA) is 194 Å². The van der Waals surface area contributed by atoms with E-state index in [1.165, 1.54) is 4.68 Å². The van der Waals surface area contributed by atoms with Crippen LogP contribution in [0.4, 0.5) is 17.2 Å². The van der Waals surface area contributed by atoms with Crippen molar-refractivity contribution >= 4 is 42.7 Å². The van der Waals surface area contributed by atoms with Gasteiger partial charge in [-0.2, -0.15) is 5.10 Å². The largest absolute Gasteiger partial charge is 0.489 e. The van der Waals surface area contributed by atoms with E-state index in [4.69, 9.17) is 14.0 Å². The first-order valence-corrected chi connectivity index (χ1v) is 24.6. The molecule has 17 nitrogen and oxygen atoms in total. The molecular formula is C50H52N9O8P. The lowest BCUT2D eigenvalue weighted by molar-refractivity contribution is -0.134. The normalized spacial score (nSPS) is 20.8. The van der Waals surface area contributed by atoms with Crippen molar-refractivity contribution in [2.45, 2.75) is 69.7 Å². The van der Waals surface area contributed by atoms with E-state index in [2.05, 4.69) is 41.6 Å². The quantitative estimate of drug-likeness (QED) is 0.0746. The van der Waals surface area contributed by atoms with Crippen LogP contribution in [0.2, 0.25) is 0 Å². The summed E-state index contributed by atoms with van der Waals surface area (Å²) in [7, 11) is -4.48. The Balaban J connectivity index is 0.830. The number of hydrogen-bond donors (Lipinski definition) is 3. The Morgan fingerprint density at radius 3 is 2.32 bits per heavy atom. The number of piperidine rings is 1. The lowest BCUT2D eigenvalue weighted by Crippen LogP contribution is -2.54. The average Bonchev–Trinajstić information content (AvgIpc) is 3.86. The fraction of sp³-hybridized carbons (Fsp3) is 0.320. The van der Waals surface area contributed by atoms with Gasteiger partial charge in [-0.05, 0) is 79.0 Å². The van der Waals surface area contributed by atoms with E-state index in [1.54, 1.807) is 35.5 Å². The third-order valence-electron chi connectivity index (χ3n) is 13.2. The fourth-order valence-electron chi connectivity index (χ4n) is 9.74. The van der Waals surface area contributed by atoms with Gasteiger partial charge in [0.05, 0.1) is 49.2 Å². The van der Waals surface area contributed by atoms with Crippen molar-refractivity contribution < 1.29 is 37.8 Å². The molecular weight excluding hydrogens is 886 g/mol. The molecule has 1 saturated carbocycles. The maximum absolute atomic E-state index is 14.0. The second kappa shape index (κ2) is 19.7. The summed E-state index contributed by atoms with van der Waals surface area (Å²) in [6.45, 7) is 2.64. The average molecular weight is 938 g/mol. The van der Waals surface area contributed by atoms with Crippen LogP contribution in [0, 0.1) is 0 Å². The van der Waals surface area contributed by atoms with Crippen molar-refractivity contribution in [3.8, 4) is 28.4 Å². The second-order valence-electron chi connectivity index (χ2n) is 17.5. The fourth-order valence-corrected chi connectivity index (χ4v) is 10.6. The summed E-state index contributed by atoms with van der Waals surface area (Å²) < 4.78 is 33.0. The van der Waals surface area contributed by atoms with Crippen LogP contribution in [0.5, 0.6) is 11.5 Å². The second-order valence-corrected chi connectivity index (χ2v) is 19.0. The summed E-state index contributed by atoms with van der Waals surface area (Å²) in [6, 6.07) is 34.0. The lowest BCUT2D eigenvalue weighted by Gasteiger charge is -2.42. The molecule has 0 spiro atoms. The van der Waals surface area contributed by atoms with Crippen molar-refractivity contribution in [1.82, 2.24) is 30.2 Å². The number of fused-ring (bicyclic) bond motifs is 1.